The zero-order valence-electron chi connectivity index (χ0n) is 66.0. The Hall–Kier alpha value is -10.4. The highest BCUT2D eigenvalue weighted by atomic mass is 32.2. The monoisotopic (exact) mass is 1320 g/mol. The fourth-order valence-electron chi connectivity index (χ4n) is 15.1. The molecule has 0 aromatic heterocycles. The van der Waals surface area contributed by atoms with Gasteiger partial charge in [-0.05, 0) is 205 Å². The third-order valence-corrected chi connectivity index (χ3v) is 21.9. The van der Waals surface area contributed by atoms with Gasteiger partial charge in [0.1, 0.15) is 0 Å². The molecule has 0 fully saturated rings. The number of benzene rings is 12. The Bertz CT molecular complexity index is 5670. The van der Waals surface area contributed by atoms with Gasteiger partial charge in [-0.1, -0.05) is 306 Å². The standard InChI is InChI=1S/C95H84BN3S/c1-92(2,3)73-39-37-66(38-40-73)80-52-71(69-48-67(62-26-18-14-19-27-62)47-68(49-69)63-28-20-15-21-29-63)53-83-91(80)100-89-55-72(70-50-75(94(7,8)9)56-76(51-70)95(10,11)12)54-88-90(89)96(83)82-43-42-77(98-84-31-23-22-30-78(84)81-46-60(59-97)32-44-86(81)98)58-87(82)99(88)85-45-41-74(93(4,5)6)57-79(85)65-35-33-64(34-36-65)61-24-16-13-17-25-61/h13-58,81,86H,1-12H3/i22D,23D,30D,31D,32D,44D,46D. The predicted molar refractivity (Wildman–Crippen MR) is 427 cm³/mol. The van der Waals surface area contributed by atoms with E-state index in [9.17, 15) is 13.5 Å². The molecule has 3 aliphatic heterocycles. The lowest BCUT2D eigenvalue weighted by atomic mass is 9.34. The molecule has 488 valence electrons. The number of nitriles is 1. The maximum absolute atomic E-state index is 10.6. The summed E-state index contributed by atoms with van der Waals surface area (Å²) in [6.45, 7) is 26.8. The maximum atomic E-state index is 10.6. The molecule has 0 spiro atoms. The fraction of sp³-hybridized carbons (Fsp3) is 0.189. The lowest BCUT2D eigenvalue weighted by molar-refractivity contribution is 0.569. The zero-order valence-corrected chi connectivity index (χ0v) is 59.8. The summed E-state index contributed by atoms with van der Waals surface area (Å²) in [5.74, 6) is -1.17. The molecule has 0 bridgehead atoms. The van der Waals surface area contributed by atoms with E-state index in [4.69, 9.17) is 1.37 Å². The minimum absolute atomic E-state index is 0.102. The molecule has 0 amide bonds. The van der Waals surface area contributed by atoms with Gasteiger partial charge in [0.05, 0.1) is 27.4 Å². The zero-order chi connectivity index (χ0) is 75.2. The average Bonchev–Trinajstić information content (AvgIpc) is 1.69. The predicted octanol–water partition coefficient (Wildman–Crippen LogP) is 23.9. The van der Waals surface area contributed by atoms with Crippen LogP contribution in [0.3, 0.4) is 0 Å². The minimum atomic E-state index is -1.18. The number of anilines is 5. The van der Waals surface area contributed by atoms with Crippen LogP contribution in [0.2, 0.25) is 0 Å². The molecule has 2 unspecified atom stereocenters. The second kappa shape index (κ2) is 24.5. The van der Waals surface area contributed by atoms with Gasteiger partial charge in [-0.25, -0.2) is 0 Å². The molecular formula is C95H84BN3S. The summed E-state index contributed by atoms with van der Waals surface area (Å²) in [6, 6.07) is 85.1. The van der Waals surface area contributed by atoms with Gasteiger partial charge in [0.2, 0.25) is 6.71 Å². The van der Waals surface area contributed by atoms with Crippen LogP contribution < -0.4 is 26.2 Å². The van der Waals surface area contributed by atoms with E-state index in [1.54, 1.807) is 4.90 Å². The van der Waals surface area contributed by atoms with E-state index in [0.29, 0.717) is 5.69 Å². The molecule has 0 saturated heterocycles. The van der Waals surface area contributed by atoms with Crippen LogP contribution >= 0.6 is 11.8 Å². The Morgan fingerprint density at radius 2 is 0.920 bits per heavy atom. The summed E-state index contributed by atoms with van der Waals surface area (Å²) < 4.78 is 67.0. The lowest BCUT2D eigenvalue weighted by Crippen LogP contribution is -2.60. The summed E-state index contributed by atoms with van der Waals surface area (Å²) in [7, 11) is 0. The molecule has 3 nitrogen and oxygen atoms in total. The molecule has 2 atom stereocenters. The van der Waals surface area contributed by atoms with E-state index in [2.05, 4.69) is 312 Å². The van der Waals surface area contributed by atoms with Crippen LogP contribution in [-0.2, 0) is 21.7 Å². The summed E-state index contributed by atoms with van der Waals surface area (Å²) in [6.07, 6.45) is 0. The maximum Gasteiger partial charge on any atom is 0.249 e. The van der Waals surface area contributed by atoms with Crippen molar-refractivity contribution in [3.63, 3.8) is 0 Å². The number of rotatable bonds is 9. The van der Waals surface area contributed by atoms with Crippen LogP contribution in [0.4, 0.5) is 28.4 Å². The van der Waals surface area contributed by atoms with Crippen molar-refractivity contribution in [1.29, 1.82) is 5.26 Å². The first-order valence-corrected chi connectivity index (χ1v) is 35.8. The number of allylic oxidation sites excluding steroid dienone is 2. The molecule has 0 N–H and O–H groups in total. The van der Waals surface area contributed by atoms with Crippen molar-refractivity contribution in [2.24, 2.45) is 0 Å². The second-order valence-electron chi connectivity index (χ2n) is 31.5. The molecule has 4 aliphatic rings. The average molecular weight is 1320 g/mol. The normalized spacial score (nSPS) is 16.6. The Balaban J connectivity index is 1.05. The van der Waals surface area contributed by atoms with Crippen LogP contribution in [0, 0.1) is 11.3 Å². The molecule has 0 radical (unpaired) electrons. The highest BCUT2D eigenvalue weighted by Gasteiger charge is 2.45. The van der Waals surface area contributed by atoms with E-state index < -0.39 is 36.8 Å². The van der Waals surface area contributed by atoms with Gasteiger partial charge < -0.3 is 9.80 Å². The third-order valence-electron chi connectivity index (χ3n) is 20.7. The van der Waals surface area contributed by atoms with E-state index in [1.807, 2.05) is 30.0 Å². The van der Waals surface area contributed by atoms with Crippen LogP contribution in [0.25, 0.3) is 77.9 Å². The van der Waals surface area contributed by atoms with Crippen LogP contribution in [0.15, 0.2) is 294 Å². The molecule has 5 heteroatoms. The van der Waals surface area contributed by atoms with Crippen molar-refractivity contribution in [1.82, 2.24) is 0 Å². The highest BCUT2D eigenvalue weighted by molar-refractivity contribution is 8.00. The Morgan fingerprint density at radius 3 is 1.52 bits per heavy atom. The summed E-state index contributed by atoms with van der Waals surface area (Å²) >= 11 is 1.83. The largest absolute Gasteiger partial charge is 0.333 e. The van der Waals surface area contributed by atoms with Gasteiger partial charge >= 0.3 is 0 Å². The lowest BCUT2D eigenvalue weighted by Gasteiger charge is -2.42. The van der Waals surface area contributed by atoms with E-state index in [1.165, 1.54) is 16.7 Å². The van der Waals surface area contributed by atoms with Gasteiger partial charge in [-0.3, -0.25) is 0 Å². The molecule has 100 heavy (non-hydrogen) atoms. The fourth-order valence-corrected chi connectivity index (χ4v) is 16.4. The van der Waals surface area contributed by atoms with Crippen LogP contribution in [0.5, 0.6) is 0 Å². The second-order valence-corrected chi connectivity index (χ2v) is 32.6. The van der Waals surface area contributed by atoms with Gasteiger partial charge in [0.25, 0.3) is 0 Å². The summed E-state index contributed by atoms with van der Waals surface area (Å²) in [5.41, 5.74) is 25.4. The molecule has 0 saturated carbocycles. The van der Waals surface area contributed by atoms with Crippen molar-refractivity contribution < 1.29 is 9.60 Å². The first-order valence-electron chi connectivity index (χ1n) is 38.4. The number of fused-ring (bicyclic) bond motifs is 7. The topological polar surface area (TPSA) is 30.3 Å². The Kier molecular flexibility index (Phi) is 13.8. The van der Waals surface area contributed by atoms with E-state index in [0.717, 1.165) is 127 Å². The van der Waals surface area contributed by atoms with E-state index in [-0.39, 0.29) is 62.7 Å². The van der Waals surface area contributed by atoms with Crippen molar-refractivity contribution in [2.45, 2.75) is 126 Å². The number of para-hydroxylation sites is 1. The smallest absolute Gasteiger partial charge is 0.249 e. The number of nitrogens with zero attached hydrogens (tertiary/aromatic N) is 3. The first-order chi connectivity index (χ1) is 50.9. The number of hydrogen-bond donors (Lipinski definition) is 0. The Morgan fingerprint density at radius 1 is 0.410 bits per heavy atom. The van der Waals surface area contributed by atoms with Crippen molar-refractivity contribution in [3.8, 4) is 84.0 Å². The van der Waals surface area contributed by atoms with E-state index >= 15 is 0 Å². The highest BCUT2D eigenvalue weighted by Crippen LogP contribution is 2.54. The van der Waals surface area contributed by atoms with Crippen LogP contribution in [0.1, 0.15) is 126 Å². The van der Waals surface area contributed by atoms with Gasteiger partial charge in [-0.2, -0.15) is 5.26 Å². The summed E-state index contributed by atoms with van der Waals surface area (Å²) in [5, 5.41) is 10.6. The molecule has 12 aromatic carbocycles. The van der Waals surface area contributed by atoms with Crippen LogP contribution in [-0.4, -0.2) is 12.8 Å². The molecule has 12 aromatic rings. The molecular weight excluding hydrogens is 1230 g/mol. The molecule has 3 heterocycles. The Labute approximate surface area is 607 Å². The molecule has 16 rings (SSSR count). The third kappa shape index (κ3) is 11.6. The number of hydrogen-bond acceptors (Lipinski definition) is 4. The van der Waals surface area contributed by atoms with Crippen molar-refractivity contribution in [3.05, 3.63) is 312 Å². The first kappa shape index (κ1) is 56.5. The van der Waals surface area contributed by atoms with Crippen molar-refractivity contribution in [2.75, 3.05) is 9.80 Å². The SMILES string of the molecule is [2H]C1=C([2H])C2C(C([2H])=C1C#N)c1c([2H])c([2H])c([2H])c([2H])c1N2c1ccc2c(c1)N(c1ccc(C(C)(C)C)cc1-c1ccc(-c3ccccc3)cc1)c1cc(-c3cc(C(C)(C)C)cc(C(C)(C)C)c3)cc3c1B2c1cc(-c2cc(-c4ccccc4)cc(-c4ccccc4)c2)cc(-c2ccc(C(C)(C)C)cc2)c1S3. The summed E-state index contributed by atoms with van der Waals surface area (Å²) in [4.78, 5) is 6.44. The molecule has 1 aliphatic carbocycles. The quantitative estimate of drug-likeness (QED) is 0.135. The van der Waals surface area contributed by atoms with Gasteiger partial charge in [0.15, 0.2) is 0 Å². The van der Waals surface area contributed by atoms with Crippen molar-refractivity contribution >= 4 is 63.3 Å². The van der Waals surface area contributed by atoms with Gasteiger partial charge in [0, 0.05) is 49.6 Å². The minimum Gasteiger partial charge on any atom is -0.333 e. The van der Waals surface area contributed by atoms with Gasteiger partial charge in [-0.15, -0.1) is 0 Å².